The van der Waals surface area contributed by atoms with E-state index < -0.39 is 0 Å². The van der Waals surface area contributed by atoms with Crippen molar-refractivity contribution in [1.82, 2.24) is 15.5 Å². The lowest BCUT2D eigenvalue weighted by molar-refractivity contribution is 0.0943. The zero-order valence-corrected chi connectivity index (χ0v) is 16.3. The Hall–Kier alpha value is -3.19. The molecule has 1 aromatic carbocycles. The van der Waals surface area contributed by atoms with Crippen LogP contribution < -0.4 is 5.32 Å². The molecule has 1 atom stereocenters. The minimum Gasteiger partial charge on any atom is -0.469 e. The highest BCUT2D eigenvalue weighted by atomic mass is 32.1. The van der Waals surface area contributed by atoms with Gasteiger partial charge in [0.15, 0.2) is 0 Å². The zero-order chi connectivity index (χ0) is 19.5. The predicted octanol–water partition coefficient (Wildman–Crippen LogP) is 4.73. The van der Waals surface area contributed by atoms with E-state index in [2.05, 4.69) is 15.5 Å². The summed E-state index contributed by atoms with van der Waals surface area (Å²) in [6.45, 7) is 3.97. The molecular formula is C21H19N3O3S. The Morgan fingerprint density at radius 3 is 2.75 bits per heavy atom. The Morgan fingerprint density at radius 1 is 1.18 bits per heavy atom. The van der Waals surface area contributed by atoms with Crippen LogP contribution in [0.4, 0.5) is 0 Å². The maximum Gasteiger partial charge on any atom is 0.261 e. The summed E-state index contributed by atoms with van der Waals surface area (Å²) < 4.78 is 10.7. The largest absolute Gasteiger partial charge is 0.469 e. The molecule has 0 bridgehead atoms. The molecule has 1 N–H and O–H groups in total. The zero-order valence-electron chi connectivity index (χ0n) is 15.5. The predicted molar refractivity (Wildman–Crippen MR) is 107 cm³/mol. The van der Waals surface area contributed by atoms with E-state index in [1.807, 2.05) is 56.3 Å². The van der Waals surface area contributed by atoms with Gasteiger partial charge in [-0.2, -0.15) is 4.98 Å². The van der Waals surface area contributed by atoms with E-state index in [0.717, 1.165) is 16.2 Å². The number of aryl methyl sites for hydroxylation is 1. The maximum atomic E-state index is 12.5. The quantitative estimate of drug-likeness (QED) is 0.512. The van der Waals surface area contributed by atoms with Gasteiger partial charge in [-0.25, -0.2) is 0 Å². The first kappa shape index (κ1) is 18.2. The SMILES string of the molecule is Cc1ccc(-c2nc(-c3ccc(C(=O)N[C@H](C)Cc4ccco4)s3)no2)cc1. The number of rotatable bonds is 6. The van der Waals surface area contributed by atoms with Gasteiger partial charge in [0, 0.05) is 18.0 Å². The molecular weight excluding hydrogens is 374 g/mol. The standard InChI is InChI=1S/C21H19N3O3S/c1-13-5-7-15(8-6-13)21-23-19(24-27-21)17-9-10-18(28-17)20(25)22-14(2)12-16-4-3-11-26-16/h3-11,14H,12H2,1-2H3,(H,22,25)/t14-/m1/s1. The molecule has 0 aliphatic carbocycles. The second-order valence-corrected chi connectivity index (χ2v) is 7.69. The second kappa shape index (κ2) is 7.82. The van der Waals surface area contributed by atoms with Crippen LogP contribution in [0.25, 0.3) is 22.2 Å². The highest BCUT2D eigenvalue weighted by Crippen LogP contribution is 2.28. The number of nitrogens with one attached hydrogen (secondary N) is 1. The maximum absolute atomic E-state index is 12.5. The third-order valence-electron chi connectivity index (χ3n) is 4.24. The van der Waals surface area contributed by atoms with E-state index in [1.165, 1.54) is 16.9 Å². The lowest BCUT2D eigenvalue weighted by Crippen LogP contribution is -2.33. The van der Waals surface area contributed by atoms with Crippen LogP contribution in [-0.2, 0) is 6.42 Å². The van der Waals surface area contributed by atoms with Gasteiger partial charge in [-0.3, -0.25) is 4.79 Å². The van der Waals surface area contributed by atoms with Crippen LogP contribution in [0.5, 0.6) is 0 Å². The molecule has 0 fully saturated rings. The summed E-state index contributed by atoms with van der Waals surface area (Å²) in [5.41, 5.74) is 2.03. The van der Waals surface area contributed by atoms with E-state index in [1.54, 1.807) is 12.3 Å². The number of hydrogen-bond donors (Lipinski definition) is 1. The number of aromatic nitrogens is 2. The number of amides is 1. The Labute approximate surface area is 166 Å². The first-order valence-electron chi connectivity index (χ1n) is 8.92. The number of thiophene rings is 1. The van der Waals surface area contributed by atoms with E-state index in [4.69, 9.17) is 8.94 Å². The van der Waals surface area contributed by atoms with Gasteiger partial charge >= 0.3 is 0 Å². The second-order valence-electron chi connectivity index (χ2n) is 6.61. The molecule has 6 nitrogen and oxygen atoms in total. The van der Waals surface area contributed by atoms with Crippen molar-refractivity contribution in [1.29, 1.82) is 0 Å². The molecule has 4 aromatic rings. The van der Waals surface area contributed by atoms with Crippen LogP contribution in [0.1, 0.15) is 27.9 Å². The average Bonchev–Trinajstić information content (AvgIpc) is 3.43. The van der Waals surface area contributed by atoms with E-state index in [-0.39, 0.29) is 11.9 Å². The van der Waals surface area contributed by atoms with Crippen molar-refractivity contribution >= 4 is 17.2 Å². The lowest BCUT2D eigenvalue weighted by Gasteiger charge is -2.11. The normalized spacial score (nSPS) is 12.1. The van der Waals surface area contributed by atoms with E-state index in [0.29, 0.717) is 23.0 Å². The number of hydrogen-bond acceptors (Lipinski definition) is 6. The van der Waals surface area contributed by atoms with Gasteiger partial charge in [0.2, 0.25) is 5.82 Å². The summed E-state index contributed by atoms with van der Waals surface area (Å²) in [7, 11) is 0. The highest BCUT2D eigenvalue weighted by molar-refractivity contribution is 7.17. The smallest absolute Gasteiger partial charge is 0.261 e. The van der Waals surface area contributed by atoms with Crippen LogP contribution in [0, 0.1) is 6.92 Å². The first-order chi connectivity index (χ1) is 13.6. The van der Waals surface area contributed by atoms with Crippen LogP contribution in [0.3, 0.4) is 0 Å². The van der Waals surface area contributed by atoms with Crippen molar-refractivity contribution in [2.75, 3.05) is 0 Å². The van der Waals surface area contributed by atoms with Crippen molar-refractivity contribution in [3.05, 3.63) is 71.0 Å². The topological polar surface area (TPSA) is 81.2 Å². The van der Waals surface area contributed by atoms with Crippen LogP contribution in [0.2, 0.25) is 0 Å². The van der Waals surface area contributed by atoms with Crippen molar-refractivity contribution in [2.45, 2.75) is 26.3 Å². The fourth-order valence-corrected chi connectivity index (χ4v) is 3.63. The molecule has 3 heterocycles. The summed E-state index contributed by atoms with van der Waals surface area (Å²) >= 11 is 1.33. The van der Waals surface area contributed by atoms with Crippen LogP contribution in [0.15, 0.2) is 63.7 Å². The summed E-state index contributed by atoms with van der Waals surface area (Å²) in [6, 6.07) is 15.2. The third kappa shape index (κ3) is 4.04. The molecule has 3 aromatic heterocycles. The summed E-state index contributed by atoms with van der Waals surface area (Å²) in [4.78, 5) is 18.3. The minimum absolute atomic E-state index is 0.0393. The molecule has 142 valence electrons. The van der Waals surface area contributed by atoms with Crippen LogP contribution in [-0.4, -0.2) is 22.1 Å². The Bertz CT molecular complexity index is 1060. The number of nitrogens with zero attached hydrogens (tertiary/aromatic N) is 2. The van der Waals surface area contributed by atoms with E-state index >= 15 is 0 Å². The summed E-state index contributed by atoms with van der Waals surface area (Å²) in [5.74, 6) is 1.65. The average molecular weight is 393 g/mol. The van der Waals surface area contributed by atoms with Gasteiger partial charge in [-0.05, 0) is 50.2 Å². The highest BCUT2D eigenvalue weighted by Gasteiger charge is 2.17. The Balaban J connectivity index is 1.44. The van der Waals surface area contributed by atoms with Gasteiger partial charge in [0.1, 0.15) is 5.76 Å². The first-order valence-corrected chi connectivity index (χ1v) is 9.74. The molecule has 4 rings (SSSR count). The van der Waals surface area contributed by atoms with Crippen molar-refractivity contribution in [3.63, 3.8) is 0 Å². The monoisotopic (exact) mass is 393 g/mol. The minimum atomic E-state index is -0.127. The van der Waals surface area contributed by atoms with E-state index in [9.17, 15) is 4.79 Å². The van der Waals surface area contributed by atoms with Gasteiger partial charge in [0.25, 0.3) is 11.8 Å². The van der Waals surface area contributed by atoms with Crippen molar-refractivity contribution in [3.8, 4) is 22.2 Å². The number of carbonyl (C=O) groups is 1. The molecule has 0 saturated heterocycles. The number of furan rings is 1. The van der Waals surface area contributed by atoms with Gasteiger partial charge in [0.05, 0.1) is 16.0 Å². The van der Waals surface area contributed by atoms with Crippen molar-refractivity contribution in [2.24, 2.45) is 0 Å². The number of carbonyl (C=O) groups excluding carboxylic acids is 1. The van der Waals surface area contributed by atoms with Crippen molar-refractivity contribution < 1.29 is 13.7 Å². The third-order valence-corrected chi connectivity index (χ3v) is 5.32. The van der Waals surface area contributed by atoms with Gasteiger partial charge < -0.3 is 14.3 Å². The molecule has 0 aliphatic heterocycles. The van der Waals surface area contributed by atoms with Gasteiger partial charge in [-0.15, -0.1) is 11.3 Å². The molecule has 7 heteroatoms. The Kier molecular flexibility index (Phi) is 5.08. The number of benzene rings is 1. The molecule has 28 heavy (non-hydrogen) atoms. The molecule has 0 aliphatic rings. The summed E-state index contributed by atoms with van der Waals surface area (Å²) in [6.07, 6.45) is 2.27. The molecule has 0 saturated carbocycles. The molecule has 0 unspecified atom stereocenters. The van der Waals surface area contributed by atoms with Gasteiger partial charge in [-0.1, -0.05) is 22.9 Å². The fourth-order valence-electron chi connectivity index (χ4n) is 2.79. The Morgan fingerprint density at radius 2 is 2.00 bits per heavy atom. The summed E-state index contributed by atoms with van der Waals surface area (Å²) in [5, 5.41) is 7.03. The lowest BCUT2D eigenvalue weighted by atomic mass is 10.1. The molecule has 0 radical (unpaired) electrons. The fraction of sp³-hybridized carbons (Fsp3) is 0.190. The molecule has 1 amide bonds. The van der Waals surface area contributed by atoms with Crippen LogP contribution >= 0.6 is 11.3 Å². The molecule has 0 spiro atoms.